The predicted octanol–water partition coefficient (Wildman–Crippen LogP) is -2.37. The van der Waals surface area contributed by atoms with Gasteiger partial charge in [0.15, 0.2) is 22.6 Å². The molecule has 8 atom stereocenters. The molecule has 4 aromatic heterocycles. The van der Waals surface area contributed by atoms with Gasteiger partial charge in [-0.2, -0.15) is 4.98 Å². The Bertz CT molecular complexity index is 1850. The van der Waals surface area contributed by atoms with Crippen molar-refractivity contribution in [3.8, 4) is 0 Å². The molecule has 4 aromatic rings. The number of aromatic amines is 1. The molecule has 0 aliphatic carbocycles. The van der Waals surface area contributed by atoms with E-state index in [1.165, 1.54) is 28.1 Å². The molecule has 2 aliphatic rings. The Hall–Kier alpha value is -3.40. The third-order valence-electron chi connectivity index (χ3n) is 7.29. The quantitative estimate of drug-likeness (QED) is 0.0923. The number of hydrogen-bond acceptors (Lipinski definition) is 16. The minimum Gasteiger partial charge on any atom is -0.756 e. The average molecular weight is 659 g/mol. The summed E-state index contributed by atoms with van der Waals surface area (Å²) in [6, 6.07) is 0. The van der Waals surface area contributed by atoms with Gasteiger partial charge in [0, 0.05) is 18.8 Å². The Balaban J connectivity index is 1.35. The van der Waals surface area contributed by atoms with Crippen molar-refractivity contribution >= 4 is 49.7 Å². The van der Waals surface area contributed by atoms with Crippen LogP contribution in [0.4, 0.5) is 11.8 Å². The fourth-order valence-corrected chi connectivity index (χ4v) is 6.44. The summed E-state index contributed by atoms with van der Waals surface area (Å²) in [6.07, 6.45) is -4.49. The largest absolute Gasteiger partial charge is 0.756 e. The first-order chi connectivity index (χ1) is 20.7. The lowest BCUT2D eigenvalue weighted by Crippen LogP contribution is -2.45. The van der Waals surface area contributed by atoms with Crippen LogP contribution in [0.25, 0.3) is 22.3 Å². The number of nitrogens with one attached hydrogen (secondary N) is 1. The number of fused-ring (bicyclic) bond motifs is 2. The van der Waals surface area contributed by atoms with Crippen molar-refractivity contribution < 1.29 is 52.3 Å². The molecule has 2 saturated heterocycles. The first-order valence-electron chi connectivity index (χ1n) is 12.7. The van der Waals surface area contributed by atoms with E-state index in [2.05, 4.69) is 34.4 Å². The second kappa shape index (κ2) is 11.2. The highest BCUT2D eigenvalue weighted by Crippen LogP contribution is 2.48. The Morgan fingerprint density at radius 1 is 1.05 bits per heavy atom. The van der Waals surface area contributed by atoms with Gasteiger partial charge in [-0.15, -0.1) is 0 Å². The number of nitrogens with zero attached hydrogens (tertiary/aromatic N) is 7. The van der Waals surface area contributed by atoms with Gasteiger partial charge in [-0.25, -0.2) is 24.5 Å². The Kier molecular flexibility index (Phi) is 7.79. The predicted molar refractivity (Wildman–Crippen MR) is 142 cm³/mol. The minimum absolute atomic E-state index is 0.00820. The Morgan fingerprint density at radius 2 is 1.73 bits per heavy atom. The van der Waals surface area contributed by atoms with Crippen LogP contribution in [0, 0.1) is 5.92 Å². The molecule has 6 heterocycles. The summed E-state index contributed by atoms with van der Waals surface area (Å²) >= 11 is 0. The lowest BCUT2D eigenvalue weighted by Gasteiger charge is -2.35. The number of H-pyrrole nitrogens is 1. The van der Waals surface area contributed by atoms with E-state index in [9.17, 15) is 38.6 Å². The van der Waals surface area contributed by atoms with Gasteiger partial charge in [-0.1, -0.05) is 0 Å². The number of phosphoric ester groups is 2. The number of imidazole rings is 2. The SMILES string of the molecule is Nc1nc2c(ncn2C2CC(C(OP(=O)([O-])O)C3OC(n4cnc5c(N)ncnc54)CC3O)C(COP(=O)(O)O)O2)c(=O)[nH]1. The maximum Gasteiger partial charge on any atom is 0.469 e. The molecule has 0 amide bonds. The number of phosphoric acid groups is 2. The van der Waals surface area contributed by atoms with Gasteiger partial charge in [-0.3, -0.25) is 28.0 Å². The van der Waals surface area contributed by atoms with Gasteiger partial charge < -0.3 is 50.1 Å². The number of aliphatic hydroxyl groups is 1. The van der Waals surface area contributed by atoms with E-state index < -0.39 is 70.6 Å². The summed E-state index contributed by atoms with van der Waals surface area (Å²) in [5, 5.41) is 11.1. The van der Waals surface area contributed by atoms with E-state index in [4.69, 9.17) is 25.5 Å². The topological polar surface area (TPSA) is 334 Å². The monoisotopic (exact) mass is 659 g/mol. The molecule has 2 aliphatic heterocycles. The van der Waals surface area contributed by atoms with Crippen LogP contribution in [0.5, 0.6) is 0 Å². The number of nitrogens with two attached hydrogens (primary N) is 2. The molecule has 24 heteroatoms. The molecule has 9 N–H and O–H groups in total. The van der Waals surface area contributed by atoms with Gasteiger partial charge in [0.1, 0.15) is 36.5 Å². The molecule has 22 nitrogen and oxygen atoms in total. The number of ether oxygens (including phenoxy) is 2. The highest BCUT2D eigenvalue weighted by molar-refractivity contribution is 7.46. The van der Waals surface area contributed by atoms with E-state index in [1.807, 2.05) is 0 Å². The van der Waals surface area contributed by atoms with E-state index in [0.717, 1.165) is 0 Å². The fraction of sp³-hybridized carbons (Fsp3) is 0.500. The molecular weight excluding hydrogens is 634 g/mol. The summed E-state index contributed by atoms with van der Waals surface area (Å²) in [6.45, 7) is -0.780. The summed E-state index contributed by atoms with van der Waals surface area (Å²) in [7, 11) is -10.6. The number of nitrogen functional groups attached to an aromatic ring is 2. The number of hydrogen-bond donors (Lipinski definition) is 7. The highest BCUT2D eigenvalue weighted by atomic mass is 31.2. The van der Waals surface area contributed by atoms with Crippen LogP contribution in [-0.4, -0.2) is 89.8 Å². The van der Waals surface area contributed by atoms with E-state index in [-0.39, 0.29) is 46.9 Å². The second-order valence-corrected chi connectivity index (χ2v) is 12.5. The summed E-state index contributed by atoms with van der Waals surface area (Å²) < 4.78 is 48.1. The van der Waals surface area contributed by atoms with Crippen molar-refractivity contribution in [1.29, 1.82) is 0 Å². The molecular formula is C20H25N10O12P2-. The van der Waals surface area contributed by atoms with Crippen LogP contribution >= 0.6 is 15.6 Å². The molecule has 0 radical (unpaired) electrons. The van der Waals surface area contributed by atoms with Crippen molar-refractivity contribution in [2.45, 2.75) is 49.7 Å². The number of anilines is 2. The zero-order valence-corrected chi connectivity index (χ0v) is 23.9. The number of rotatable bonds is 9. The molecule has 0 spiro atoms. The van der Waals surface area contributed by atoms with Crippen LogP contribution in [0.3, 0.4) is 0 Å². The molecule has 44 heavy (non-hydrogen) atoms. The van der Waals surface area contributed by atoms with Crippen molar-refractivity contribution in [3.63, 3.8) is 0 Å². The van der Waals surface area contributed by atoms with Crippen LogP contribution < -0.4 is 21.9 Å². The van der Waals surface area contributed by atoms with Gasteiger partial charge in [0.2, 0.25) is 5.95 Å². The third-order valence-corrected chi connectivity index (χ3v) is 8.28. The molecule has 238 valence electrons. The van der Waals surface area contributed by atoms with E-state index >= 15 is 0 Å². The first-order valence-corrected chi connectivity index (χ1v) is 15.8. The minimum atomic E-state index is -5.53. The summed E-state index contributed by atoms with van der Waals surface area (Å²) in [5.41, 5.74) is 11.3. The molecule has 8 unspecified atom stereocenters. The number of aliphatic hydroxyl groups excluding tert-OH is 1. The lowest BCUT2D eigenvalue weighted by molar-refractivity contribution is -0.233. The highest BCUT2D eigenvalue weighted by Gasteiger charge is 2.51. The van der Waals surface area contributed by atoms with Gasteiger partial charge >= 0.3 is 7.82 Å². The summed E-state index contributed by atoms with van der Waals surface area (Å²) in [5.74, 6) is -1.32. The second-order valence-electron chi connectivity index (χ2n) is 10.1. The average Bonchev–Trinajstić information content (AvgIpc) is 3.70. The van der Waals surface area contributed by atoms with Crippen LogP contribution in [-0.2, 0) is 27.7 Å². The van der Waals surface area contributed by atoms with Gasteiger partial charge in [0.05, 0.1) is 31.5 Å². The fourth-order valence-electron chi connectivity index (χ4n) is 5.52. The normalized spacial score (nSPS) is 28.1. The Morgan fingerprint density at radius 3 is 2.43 bits per heavy atom. The van der Waals surface area contributed by atoms with Crippen molar-refractivity contribution in [3.05, 3.63) is 29.3 Å². The summed E-state index contributed by atoms with van der Waals surface area (Å²) in [4.78, 5) is 75.3. The molecule has 0 aromatic carbocycles. The lowest BCUT2D eigenvalue weighted by atomic mass is 9.89. The maximum atomic E-state index is 12.3. The van der Waals surface area contributed by atoms with E-state index in [0.29, 0.717) is 0 Å². The zero-order valence-electron chi connectivity index (χ0n) is 22.1. The zero-order chi connectivity index (χ0) is 31.6. The Labute approximate surface area is 244 Å². The van der Waals surface area contributed by atoms with Crippen molar-refractivity contribution in [2.24, 2.45) is 5.92 Å². The van der Waals surface area contributed by atoms with Crippen LogP contribution in [0.15, 0.2) is 23.8 Å². The number of aromatic nitrogens is 8. The maximum absolute atomic E-state index is 12.3. The smallest absolute Gasteiger partial charge is 0.469 e. The molecule has 6 rings (SSSR count). The third kappa shape index (κ3) is 5.97. The van der Waals surface area contributed by atoms with Crippen LogP contribution in [0.1, 0.15) is 25.3 Å². The van der Waals surface area contributed by atoms with Crippen LogP contribution in [0.2, 0.25) is 0 Å². The molecule has 2 fully saturated rings. The molecule has 0 bridgehead atoms. The van der Waals surface area contributed by atoms with Crippen molar-refractivity contribution in [2.75, 3.05) is 18.1 Å². The first kappa shape index (κ1) is 30.6. The van der Waals surface area contributed by atoms with Gasteiger partial charge in [-0.05, 0) is 0 Å². The molecule has 0 saturated carbocycles. The van der Waals surface area contributed by atoms with Gasteiger partial charge in [0.25, 0.3) is 13.4 Å². The van der Waals surface area contributed by atoms with Crippen molar-refractivity contribution in [1.82, 2.24) is 39.0 Å². The standard InChI is InChI=1S/C20H26N10O12P2/c21-16-12-17(24-4-23-16)29(5-25-12)11-2-8(31)15(41-11)14(42-44(36,37)38)7-1-10(40-9(7)3-39-43(33,34)35)30-6-26-13-18(30)27-20(22)28-19(13)32/h4-11,14-15,31H,1-3H2,(H2,21,23,24)(H2,33,34,35)(H2,36,37,38)(H3,22,27,28,32)/p-1. The van der Waals surface area contributed by atoms with E-state index in [1.54, 1.807) is 0 Å².